The van der Waals surface area contributed by atoms with Crippen molar-refractivity contribution in [2.24, 2.45) is 12.2 Å². The third-order valence-corrected chi connectivity index (χ3v) is 7.46. The van der Waals surface area contributed by atoms with Gasteiger partial charge in [-0.1, -0.05) is 5.16 Å². The molecule has 0 spiro atoms. The predicted molar refractivity (Wildman–Crippen MR) is 126 cm³/mol. The summed E-state index contributed by atoms with van der Waals surface area (Å²) in [6, 6.07) is -1.10. The number of carbonyl (C=O) groups excluding carboxylic acids is 3. The molecule has 18 heteroatoms. The van der Waals surface area contributed by atoms with Crippen LogP contribution in [0.4, 0.5) is 10.9 Å². The highest BCUT2D eigenvalue weighted by atomic mass is 32.2. The smallest absolute Gasteiger partial charge is 0.344 e. The van der Waals surface area contributed by atoms with Gasteiger partial charge in [0.25, 0.3) is 11.8 Å². The average Bonchev–Trinajstić information content (AvgIpc) is 3.37. The van der Waals surface area contributed by atoms with E-state index in [0.29, 0.717) is 11.4 Å². The summed E-state index contributed by atoms with van der Waals surface area (Å²) in [4.78, 5) is 58.2. The van der Waals surface area contributed by atoms with Gasteiger partial charge in [-0.05, 0) is 6.92 Å². The number of anilines is 2. The minimum Gasteiger partial charge on any atom is -0.543 e. The molecule has 0 unspecified atom stereocenters. The number of nitrogens with two attached hydrogens (primary N) is 2. The largest absolute Gasteiger partial charge is 0.543 e. The van der Waals surface area contributed by atoms with E-state index in [1.54, 1.807) is 22.6 Å². The molecule has 0 aliphatic carbocycles. The Kier molecular flexibility index (Phi) is 7.03. The second-order valence-electron chi connectivity index (χ2n) is 7.98. The maximum Gasteiger partial charge on any atom is 0.344 e. The van der Waals surface area contributed by atoms with E-state index in [4.69, 9.17) is 16.6 Å². The molecule has 37 heavy (non-hydrogen) atoms. The summed E-state index contributed by atoms with van der Waals surface area (Å²) >= 11 is 2.02. The topological polar surface area (TPSA) is 235 Å². The van der Waals surface area contributed by atoms with Crippen molar-refractivity contribution < 1.29 is 38.9 Å². The molecule has 6 N–H and O–H groups in total. The molecule has 2 aromatic heterocycles. The zero-order chi connectivity index (χ0) is 27.0. The highest BCUT2D eigenvalue weighted by Gasteiger charge is 2.53. The summed E-state index contributed by atoms with van der Waals surface area (Å²) in [7, 11) is 1.73. The number of rotatable bonds is 9. The van der Waals surface area contributed by atoms with E-state index < -0.39 is 47.5 Å². The lowest BCUT2D eigenvalue weighted by molar-refractivity contribution is -0.765. The van der Waals surface area contributed by atoms with Crippen LogP contribution in [0.1, 0.15) is 11.4 Å². The quantitative estimate of drug-likeness (QED) is 0.103. The lowest BCUT2D eigenvalue weighted by Gasteiger charge is -2.50. The number of aliphatic carboxylic acids is 2. The number of oxime groups is 1. The summed E-state index contributed by atoms with van der Waals surface area (Å²) in [6.45, 7) is 1.14. The summed E-state index contributed by atoms with van der Waals surface area (Å²) in [5.41, 5.74) is 12.0. The molecular formula is C19H21N9O7S2. The minimum absolute atomic E-state index is 0.0202. The van der Waals surface area contributed by atoms with E-state index in [-0.39, 0.29) is 29.0 Å². The zero-order valence-electron chi connectivity index (χ0n) is 19.4. The van der Waals surface area contributed by atoms with Gasteiger partial charge in [-0.2, -0.15) is 9.36 Å². The van der Waals surface area contributed by atoms with Crippen LogP contribution in [0.3, 0.4) is 0 Å². The molecule has 16 nitrogen and oxygen atoms in total. The van der Waals surface area contributed by atoms with E-state index in [0.717, 1.165) is 22.0 Å². The summed E-state index contributed by atoms with van der Waals surface area (Å²) in [6.07, 6.45) is 1.76. The zero-order valence-corrected chi connectivity index (χ0v) is 21.0. The minimum atomic E-state index is -1.52. The molecule has 0 bridgehead atoms. The Bertz CT molecular complexity index is 1370. The number of aromatic nitrogens is 4. The molecule has 2 aliphatic rings. The number of amides is 2. The SMILES string of the molecule is Cc1c[n+](CC2=C(C(=O)[O-])N3C(=O)[C@@H](NC(=O)C(=NOCC(=O)O)c4nsc(N)n4)[C@H]3SC2)n(C)c1N. The van der Waals surface area contributed by atoms with Crippen molar-refractivity contribution >= 4 is 63.7 Å². The van der Waals surface area contributed by atoms with Crippen LogP contribution in [0, 0.1) is 6.92 Å². The maximum atomic E-state index is 13.0. The van der Waals surface area contributed by atoms with Crippen LogP contribution in [0.25, 0.3) is 0 Å². The van der Waals surface area contributed by atoms with Gasteiger partial charge in [0.2, 0.25) is 24.3 Å². The molecule has 2 aromatic rings. The number of nitrogen functional groups attached to an aromatic ring is 2. The first-order valence-corrected chi connectivity index (χ1v) is 12.3. The normalized spacial score (nSPS) is 19.4. The van der Waals surface area contributed by atoms with E-state index in [1.807, 2.05) is 6.92 Å². The molecule has 1 saturated heterocycles. The Morgan fingerprint density at radius 3 is 2.70 bits per heavy atom. The molecule has 2 amide bonds. The maximum absolute atomic E-state index is 13.0. The van der Waals surface area contributed by atoms with E-state index in [1.165, 1.54) is 11.8 Å². The van der Waals surface area contributed by atoms with E-state index in [2.05, 4.69) is 24.7 Å². The Labute approximate surface area is 216 Å². The number of carboxylic acids is 2. The van der Waals surface area contributed by atoms with Gasteiger partial charge in [-0.25, -0.2) is 4.79 Å². The Morgan fingerprint density at radius 2 is 2.14 bits per heavy atom. The van der Waals surface area contributed by atoms with Crippen LogP contribution >= 0.6 is 23.3 Å². The van der Waals surface area contributed by atoms with Crippen LogP contribution in [0.5, 0.6) is 0 Å². The second-order valence-corrected chi connectivity index (χ2v) is 9.87. The monoisotopic (exact) mass is 551 g/mol. The number of aryl methyl sites for hydroxylation is 1. The van der Waals surface area contributed by atoms with Crippen molar-refractivity contribution in [1.82, 2.24) is 24.3 Å². The van der Waals surface area contributed by atoms with Gasteiger partial charge < -0.3 is 36.6 Å². The van der Waals surface area contributed by atoms with E-state index in [9.17, 15) is 24.3 Å². The number of thioether (sulfide) groups is 1. The third-order valence-electron chi connectivity index (χ3n) is 5.57. The standard InChI is InChI=1S/C19H21N9O7S2/c1-7-3-27(26(2)13(7)20)4-8-6-36-17-11(16(32)28(17)12(8)18(33)34)22-15(31)10(24-35-5-9(29)30)14-23-19(21)37-25-14/h3,11,17,20H,4-6H2,1-2H3,(H5,21,22,23,25,29,30,31,33,34)/t11-,17-/m1/s1. The highest BCUT2D eigenvalue weighted by Crippen LogP contribution is 2.40. The molecule has 1 fully saturated rings. The van der Waals surface area contributed by atoms with Crippen molar-refractivity contribution in [3.05, 3.63) is 28.9 Å². The first-order chi connectivity index (χ1) is 17.5. The lowest BCUT2D eigenvalue weighted by atomic mass is 10.0. The second kappa shape index (κ2) is 10.1. The number of hydrogen-bond acceptors (Lipinski definition) is 13. The fraction of sp³-hybridized carbons (Fsp3) is 0.368. The fourth-order valence-electron chi connectivity index (χ4n) is 3.79. The number of fused-ring (bicyclic) bond motifs is 1. The van der Waals surface area contributed by atoms with Gasteiger partial charge in [0, 0.05) is 22.9 Å². The molecule has 4 heterocycles. The molecular weight excluding hydrogens is 530 g/mol. The molecule has 0 radical (unpaired) electrons. The third kappa shape index (κ3) is 4.92. The molecule has 196 valence electrons. The van der Waals surface area contributed by atoms with Gasteiger partial charge in [-0.3, -0.25) is 14.5 Å². The van der Waals surface area contributed by atoms with Crippen LogP contribution in [-0.4, -0.2) is 77.3 Å². The van der Waals surface area contributed by atoms with Crippen molar-refractivity contribution in [2.75, 3.05) is 23.8 Å². The van der Waals surface area contributed by atoms with Crippen LogP contribution in [-0.2, 0) is 37.6 Å². The predicted octanol–water partition coefficient (Wildman–Crippen LogP) is -3.45. The molecule has 2 aliphatic heterocycles. The van der Waals surface area contributed by atoms with E-state index >= 15 is 0 Å². The lowest BCUT2D eigenvalue weighted by Crippen LogP contribution is -2.71. The molecule has 0 aromatic carbocycles. The van der Waals surface area contributed by atoms with Gasteiger partial charge in [0.05, 0.1) is 24.3 Å². The van der Waals surface area contributed by atoms with Gasteiger partial charge in [0.1, 0.15) is 11.4 Å². The Hall–Kier alpha value is -4.19. The first kappa shape index (κ1) is 25.9. The van der Waals surface area contributed by atoms with Crippen molar-refractivity contribution in [3.8, 4) is 0 Å². The summed E-state index contributed by atoms with van der Waals surface area (Å²) in [5.74, 6) is -3.93. The van der Waals surface area contributed by atoms with Gasteiger partial charge >= 0.3 is 5.97 Å². The van der Waals surface area contributed by atoms with Crippen LogP contribution in [0.15, 0.2) is 22.6 Å². The van der Waals surface area contributed by atoms with Crippen molar-refractivity contribution in [3.63, 3.8) is 0 Å². The molecule has 0 saturated carbocycles. The molecule has 2 atom stereocenters. The molecule has 4 rings (SSSR count). The Morgan fingerprint density at radius 1 is 1.41 bits per heavy atom. The Balaban J connectivity index is 1.54. The number of carboxylic acid groups (broad SMARTS) is 2. The average molecular weight is 552 g/mol. The first-order valence-electron chi connectivity index (χ1n) is 10.5. The number of β-lactam (4-membered cyclic amide) rings is 1. The van der Waals surface area contributed by atoms with Crippen LogP contribution in [0.2, 0.25) is 0 Å². The van der Waals surface area contributed by atoms with Gasteiger partial charge in [-0.15, -0.1) is 21.1 Å². The fourth-order valence-corrected chi connectivity index (χ4v) is 5.56. The number of carbonyl (C=O) groups is 4. The number of hydrogen-bond donors (Lipinski definition) is 4. The summed E-state index contributed by atoms with van der Waals surface area (Å²) in [5, 5.41) is 26.0. The van der Waals surface area contributed by atoms with Crippen molar-refractivity contribution in [1.29, 1.82) is 0 Å². The summed E-state index contributed by atoms with van der Waals surface area (Å²) < 4.78 is 7.25. The van der Waals surface area contributed by atoms with Crippen molar-refractivity contribution in [2.45, 2.75) is 24.9 Å². The number of nitrogens with one attached hydrogen (secondary N) is 1. The highest BCUT2D eigenvalue weighted by molar-refractivity contribution is 8.00. The van der Waals surface area contributed by atoms with Crippen LogP contribution < -0.4 is 26.6 Å². The number of nitrogens with zero attached hydrogens (tertiary/aromatic N) is 6. The van der Waals surface area contributed by atoms with Gasteiger partial charge in [0.15, 0.2) is 17.5 Å².